The highest BCUT2D eigenvalue weighted by Crippen LogP contribution is 2.40. The van der Waals surface area contributed by atoms with Gasteiger partial charge in [0, 0.05) is 16.9 Å². The summed E-state index contributed by atoms with van der Waals surface area (Å²) in [5.74, 6) is 1.12. The zero-order valence-corrected chi connectivity index (χ0v) is 17.5. The molecule has 0 radical (unpaired) electrons. The number of benzene rings is 1. The predicted molar refractivity (Wildman–Crippen MR) is 108 cm³/mol. The lowest BCUT2D eigenvalue weighted by Gasteiger charge is -2.39. The van der Waals surface area contributed by atoms with Crippen molar-refractivity contribution in [2.24, 2.45) is 0 Å². The Kier molecular flexibility index (Phi) is 4.47. The number of carbonyl (C=O) groups is 1. The number of ether oxygens (including phenoxy) is 1. The molecule has 0 unspecified atom stereocenters. The molecule has 138 valence electrons. The topological polar surface area (TPSA) is 68.2 Å². The van der Waals surface area contributed by atoms with Crippen LogP contribution in [-0.2, 0) is 0 Å². The predicted octanol–water partition coefficient (Wildman–Crippen LogP) is 4.49. The fraction of sp³-hybridized carbons (Fsp3) is 0.263. The number of hydrogen-bond acceptors (Lipinski definition) is 6. The Bertz CT molecular complexity index is 1020. The number of thiazole rings is 1. The van der Waals surface area contributed by atoms with Gasteiger partial charge in [-0.1, -0.05) is 15.9 Å². The summed E-state index contributed by atoms with van der Waals surface area (Å²) < 4.78 is 6.97. The van der Waals surface area contributed by atoms with Crippen molar-refractivity contribution in [2.75, 3.05) is 11.4 Å². The van der Waals surface area contributed by atoms with Crippen molar-refractivity contribution < 1.29 is 9.53 Å². The van der Waals surface area contributed by atoms with Crippen molar-refractivity contribution in [3.05, 3.63) is 51.7 Å². The molecule has 0 aliphatic carbocycles. The van der Waals surface area contributed by atoms with Gasteiger partial charge in [-0.3, -0.25) is 4.79 Å². The molecular formula is C19H17BrN4O2S. The standard InChI is InChI=1S/C19H17BrN4O2S/c1-11-15(27-17(23-11)16-21-7-4-8-22-16)18(25)24-10-19(2,3)26-14-9-12(20)5-6-13(14)24/h4-9H,10H2,1-3H3. The molecule has 0 saturated carbocycles. The molecule has 3 aromatic rings. The molecule has 0 bridgehead atoms. The minimum atomic E-state index is -0.493. The van der Waals surface area contributed by atoms with Gasteiger partial charge in [0.15, 0.2) is 10.8 Å². The molecule has 3 heterocycles. The van der Waals surface area contributed by atoms with Crippen LogP contribution in [0.1, 0.15) is 29.2 Å². The molecule has 1 aliphatic heterocycles. The van der Waals surface area contributed by atoms with E-state index in [1.165, 1.54) is 11.3 Å². The van der Waals surface area contributed by atoms with E-state index in [9.17, 15) is 4.79 Å². The molecule has 0 spiro atoms. The van der Waals surface area contributed by atoms with Crippen LogP contribution >= 0.6 is 27.3 Å². The summed E-state index contributed by atoms with van der Waals surface area (Å²) in [6.45, 7) is 6.24. The highest BCUT2D eigenvalue weighted by Gasteiger charge is 2.36. The van der Waals surface area contributed by atoms with Gasteiger partial charge >= 0.3 is 0 Å². The maximum absolute atomic E-state index is 13.4. The lowest BCUT2D eigenvalue weighted by molar-refractivity contribution is 0.0839. The number of aryl methyl sites for hydroxylation is 1. The van der Waals surface area contributed by atoms with E-state index in [2.05, 4.69) is 30.9 Å². The van der Waals surface area contributed by atoms with Crippen LogP contribution in [0, 0.1) is 6.92 Å². The maximum Gasteiger partial charge on any atom is 0.270 e. The van der Waals surface area contributed by atoms with Crippen LogP contribution in [0.4, 0.5) is 5.69 Å². The van der Waals surface area contributed by atoms with Crippen LogP contribution in [0.25, 0.3) is 10.8 Å². The molecule has 0 atom stereocenters. The van der Waals surface area contributed by atoms with Gasteiger partial charge in [-0.05, 0) is 45.0 Å². The number of amides is 1. The average molecular weight is 445 g/mol. The summed E-state index contributed by atoms with van der Waals surface area (Å²) >= 11 is 4.78. The second-order valence-corrected chi connectivity index (χ2v) is 8.79. The minimum absolute atomic E-state index is 0.0906. The maximum atomic E-state index is 13.4. The van der Waals surface area contributed by atoms with E-state index < -0.39 is 5.60 Å². The summed E-state index contributed by atoms with van der Waals surface area (Å²) in [5, 5.41) is 0.639. The number of fused-ring (bicyclic) bond motifs is 1. The van der Waals surface area contributed by atoms with E-state index in [1.54, 1.807) is 23.4 Å². The molecular weight excluding hydrogens is 428 g/mol. The highest BCUT2D eigenvalue weighted by molar-refractivity contribution is 9.10. The van der Waals surface area contributed by atoms with Crippen molar-refractivity contribution in [3.8, 4) is 16.6 Å². The van der Waals surface area contributed by atoms with Crippen LogP contribution in [0.3, 0.4) is 0 Å². The first-order chi connectivity index (χ1) is 12.8. The van der Waals surface area contributed by atoms with Crippen LogP contribution in [-0.4, -0.2) is 33.0 Å². The van der Waals surface area contributed by atoms with E-state index >= 15 is 0 Å². The second kappa shape index (κ2) is 6.69. The van der Waals surface area contributed by atoms with Crippen molar-refractivity contribution in [2.45, 2.75) is 26.4 Å². The van der Waals surface area contributed by atoms with Gasteiger partial charge in [0.05, 0.1) is 17.9 Å². The third-order valence-corrected chi connectivity index (χ3v) is 5.77. The number of hydrogen-bond donors (Lipinski definition) is 0. The molecule has 1 amide bonds. The smallest absolute Gasteiger partial charge is 0.270 e. The zero-order chi connectivity index (χ0) is 19.2. The van der Waals surface area contributed by atoms with Gasteiger partial charge in [0.2, 0.25) is 0 Å². The Morgan fingerprint density at radius 3 is 2.78 bits per heavy atom. The highest BCUT2D eigenvalue weighted by atomic mass is 79.9. The first kappa shape index (κ1) is 18.1. The van der Waals surface area contributed by atoms with Crippen molar-refractivity contribution in [1.29, 1.82) is 0 Å². The molecule has 27 heavy (non-hydrogen) atoms. The molecule has 8 heteroatoms. The number of halogens is 1. The summed E-state index contributed by atoms with van der Waals surface area (Å²) in [7, 11) is 0. The van der Waals surface area contributed by atoms with Gasteiger partial charge in [-0.15, -0.1) is 11.3 Å². The monoisotopic (exact) mass is 444 g/mol. The Morgan fingerprint density at radius 1 is 1.30 bits per heavy atom. The normalized spacial score (nSPS) is 15.2. The Labute approximate surface area is 169 Å². The molecule has 1 aromatic carbocycles. The van der Waals surface area contributed by atoms with Crippen LogP contribution in [0.2, 0.25) is 0 Å². The van der Waals surface area contributed by atoms with Gasteiger partial charge < -0.3 is 9.64 Å². The summed E-state index contributed by atoms with van der Waals surface area (Å²) in [5.41, 5.74) is 0.941. The summed E-state index contributed by atoms with van der Waals surface area (Å²) in [6, 6.07) is 7.44. The lowest BCUT2D eigenvalue weighted by Crippen LogP contribution is -2.49. The molecule has 4 rings (SSSR count). The largest absolute Gasteiger partial charge is 0.484 e. The van der Waals surface area contributed by atoms with E-state index in [4.69, 9.17) is 4.74 Å². The van der Waals surface area contributed by atoms with Gasteiger partial charge in [0.25, 0.3) is 5.91 Å². The first-order valence-electron chi connectivity index (χ1n) is 8.39. The van der Waals surface area contributed by atoms with Crippen molar-refractivity contribution >= 4 is 38.9 Å². The first-order valence-corrected chi connectivity index (χ1v) is 10.0. The van der Waals surface area contributed by atoms with Crippen LogP contribution in [0.15, 0.2) is 41.1 Å². The Balaban J connectivity index is 1.74. The molecule has 1 aliphatic rings. The fourth-order valence-electron chi connectivity index (χ4n) is 2.99. The second-order valence-electron chi connectivity index (χ2n) is 6.87. The minimum Gasteiger partial charge on any atom is -0.484 e. The summed E-state index contributed by atoms with van der Waals surface area (Å²) in [4.78, 5) is 28.7. The lowest BCUT2D eigenvalue weighted by atomic mass is 10.0. The van der Waals surface area contributed by atoms with Crippen LogP contribution < -0.4 is 9.64 Å². The third-order valence-electron chi connectivity index (χ3n) is 4.13. The van der Waals surface area contributed by atoms with Crippen LogP contribution in [0.5, 0.6) is 5.75 Å². The number of carbonyl (C=O) groups excluding carboxylic acids is 1. The van der Waals surface area contributed by atoms with Gasteiger partial charge in [-0.25, -0.2) is 15.0 Å². The molecule has 2 aromatic heterocycles. The van der Waals surface area contributed by atoms with E-state index in [1.807, 2.05) is 39.0 Å². The zero-order valence-electron chi connectivity index (χ0n) is 15.1. The molecule has 0 saturated heterocycles. The average Bonchev–Trinajstić information content (AvgIpc) is 3.02. The Morgan fingerprint density at radius 2 is 2.04 bits per heavy atom. The van der Waals surface area contributed by atoms with E-state index in [0.717, 1.165) is 10.2 Å². The van der Waals surface area contributed by atoms with Crippen molar-refractivity contribution in [1.82, 2.24) is 15.0 Å². The van der Waals surface area contributed by atoms with Crippen molar-refractivity contribution in [3.63, 3.8) is 0 Å². The fourth-order valence-corrected chi connectivity index (χ4v) is 4.30. The van der Waals surface area contributed by atoms with Gasteiger partial charge in [-0.2, -0.15) is 0 Å². The number of nitrogens with zero attached hydrogens (tertiary/aromatic N) is 4. The SMILES string of the molecule is Cc1nc(-c2ncccn2)sc1C(=O)N1CC(C)(C)Oc2cc(Br)ccc21. The Hall–Kier alpha value is -2.32. The number of anilines is 1. The number of rotatable bonds is 2. The van der Waals surface area contributed by atoms with E-state index in [-0.39, 0.29) is 5.91 Å². The van der Waals surface area contributed by atoms with E-state index in [0.29, 0.717) is 33.7 Å². The third kappa shape index (κ3) is 3.46. The molecule has 0 N–H and O–H groups in total. The molecule has 6 nitrogen and oxygen atoms in total. The summed E-state index contributed by atoms with van der Waals surface area (Å²) in [6.07, 6.45) is 3.33. The quantitative estimate of drug-likeness (QED) is 0.582. The number of aromatic nitrogens is 3. The molecule has 0 fully saturated rings. The van der Waals surface area contributed by atoms with Gasteiger partial charge in [0.1, 0.15) is 16.2 Å².